The van der Waals surface area contributed by atoms with Gasteiger partial charge in [-0.25, -0.2) is 15.3 Å². The molecule has 36 heavy (non-hydrogen) atoms. The quantitative estimate of drug-likeness (QED) is 0.226. The van der Waals surface area contributed by atoms with Crippen molar-refractivity contribution in [2.45, 2.75) is 58.5 Å². The average Bonchev–Trinajstić information content (AvgIpc) is 3.26. The Morgan fingerprint density at radius 2 is 1.69 bits per heavy atom. The van der Waals surface area contributed by atoms with Gasteiger partial charge in [0.25, 0.3) is 5.91 Å². The van der Waals surface area contributed by atoms with E-state index in [1.807, 2.05) is 35.8 Å². The summed E-state index contributed by atoms with van der Waals surface area (Å²) in [7, 11) is 0. The fourth-order valence-electron chi connectivity index (χ4n) is 3.95. The monoisotopic (exact) mass is 492 g/mol. The van der Waals surface area contributed by atoms with Gasteiger partial charge in [0.2, 0.25) is 5.91 Å². The third-order valence-electron chi connectivity index (χ3n) is 5.96. The molecule has 3 aromatic rings. The number of rotatable bonds is 12. The van der Waals surface area contributed by atoms with Gasteiger partial charge in [0, 0.05) is 25.4 Å². The first-order valence-electron chi connectivity index (χ1n) is 12.0. The first-order chi connectivity index (χ1) is 17.3. The third-order valence-corrected chi connectivity index (χ3v) is 5.96. The summed E-state index contributed by atoms with van der Waals surface area (Å²) in [6, 6.07) is 13.8. The number of nitrogens with one attached hydrogen (secondary N) is 2. The highest BCUT2D eigenvalue weighted by Gasteiger charge is 2.22. The molecule has 9 heteroatoms. The van der Waals surface area contributed by atoms with Crippen LogP contribution in [-0.2, 0) is 24.2 Å². The van der Waals surface area contributed by atoms with Crippen LogP contribution in [0.3, 0.4) is 0 Å². The fourth-order valence-corrected chi connectivity index (χ4v) is 3.95. The minimum absolute atomic E-state index is 0.0937. The number of carboxylic acid groups (broad SMARTS) is 1. The second-order valence-electron chi connectivity index (χ2n) is 8.85. The van der Waals surface area contributed by atoms with Gasteiger partial charge in [-0.05, 0) is 43.0 Å². The fraction of sp³-hybridized carbons (Fsp3) is 0.333. The largest absolute Gasteiger partial charge is 0.478 e. The van der Waals surface area contributed by atoms with Crippen molar-refractivity contribution >= 4 is 17.8 Å². The Morgan fingerprint density at radius 3 is 2.31 bits per heavy atom. The Balaban J connectivity index is 1.85. The summed E-state index contributed by atoms with van der Waals surface area (Å²) in [6.07, 6.45) is 4.41. The maximum Gasteiger partial charge on any atom is 0.335 e. The molecule has 4 N–H and O–H groups in total. The molecule has 9 nitrogen and oxygen atoms in total. The second-order valence-corrected chi connectivity index (χ2v) is 8.85. The molecule has 0 fully saturated rings. The molecule has 1 heterocycles. The number of amides is 2. The van der Waals surface area contributed by atoms with Crippen LogP contribution in [0.5, 0.6) is 0 Å². The summed E-state index contributed by atoms with van der Waals surface area (Å²) in [5.74, 6) is -1.22. The van der Waals surface area contributed by atoms with E-state index in [1.165, 1.54) is 18.3 Å². The maximum absolute atomic E-state index is 13.4. The first kappa shape index (κ1) is 26.6. The van der Waals surface area contributed by atoms with Crippen LogP contribution in [0.4, 0.5) is 0 Å². The maximum atomic E-state index is 13.4. The molecule has 0 saturated carbocycles. The van der Waals surface area contributed by atoms with Crippen molar-refractivity contribution in [3.05, 3.63) is 88.5 Å². The van der Waals surface area contributed by atoms with Crippen LogP contribution in [0.2, 0.25) is 0 Å². The van der Waals surface area contributed by atoms with E-state index in [-0.39, 0.29) is 17.9 Å². The lowest BCUT2D eigenvalue weighted by Crippen LogP contribution is -2.41. The highest BCUT2D eigenvalue weighted by molar-refractivity contribution is 5.93. The Labute approximate surface area is 210 Å². The molecule has 0 spiro atoms. The van der Waals surface area contributed by atoms with Gasteiger partial charge in [0.15, 0.2) is 0 Å². The molecule has 190 valence electrons. The molecule has 3 rings (SSSR count). The highest BCUT2D eigenvalue weighted by atomic mass is 16.5. The molecule has 2 aromatic carbocycles. The number of benzene rings is 2. The van der Waals surface area contributed by atoms with E-state index >= 15 is 0 Å². The van der Waals surface area contributed by atoms with E-state index in [0.29, 0.717) is 25.1 Å². The number of nitrogens with zero attached hydrogens (tertiary/aromatic N) is 2. The summed E-state index contributed by atoms with van der Waals surface area (Å²) < 4.78 is 1.83. The predicted octanol–water partition coefficient (Wildman–Crippen LogP) is 3.52. The van der Waals surface area contributed by atoms with E-state index in [2.05, 4.69) is 17.2 Å². The van der Waals surface area contributed by atoms with Crippen molar-refractivity contribution in [1.82, 2.24) is 20.3 Å². The summed E-state index contributed by atoms with van der Waals surface area (Å²) in [6.45, 7) is 4.41. The van der Waals surface area contributed by atoms with Crippen LogP contribution in [0, 0.1) is 6.92 Å². The lowest BCUT2D eigenvalue weighted by Gasteiger charge is -2.19. The molecular weight excluding hydrogens is 460 g/mol. The number of aromatic carboxylic acids is 1. The van der Waals surface area contributed by atoms with Crippen molar-refractivity contribution in [3.8, 4) is 0 Å². The minimum atomic E-state index is -1.00. The first-order valence-corrected chi connectivity index (χ1v) is 12.0. The van der Waals surface area contributed by atoms with Crippen molar-refractivity contribution in [2.24, 2.45) is 0 Å². The van der Waals surface area contributed by atoms with Crippen LogP contribution in [0.1, 0.15) is 69.5 Å². The van der Waals surface area contributed by atoms with Crippen LogP contribution >= 0.6 is 0 Å². The van der Waals surface area contributed by atoms with Crippen LogP contribution in [-0.4, -0.2) is 43.7 Å². The second kappa shape index (κ2) is 12.6. The Bertz CT molecular complexity index is 1190. The zero-order chi connectivity index (χ0) is 26.1. The Hall–Kier alpha value is -3.98. The number of carboxylic acids is 1. The standard InChI is InChI=1S/C27H32N4O5/c1-3-4-5-24-28-16-23(31(24)17-20-10-12-21(13-11-20)27(34)35)26(33)29-22(15-25(32)30-36)14-19-8-6-18(2)7-9-19/h6-13,16,22,36H,3-5,14-15,17H2,1-2H3,(H,29,33)(H,30,32)(H,34,35)/t22-/m1/s1. The summed E-state index contributed by atoms with van der Waals surface area (Å²) in [5.41, 5.74) is 5.07. The SMILES string of the molecule is CCCCc1ncc(C(=O)N[C@@H](CC(=O)NO)Cc2ccc(C)cc2)n1Cc1ccc(C(=O)O)cc1. The number of unbranched alkanes of at least 4 members (excludes halogenated alkanes) is 1. The smallest absolute Gasteiger partial charge is 0.335 e. The number of aromatic nitrogens is 2. The number of hydrogen-bond donors (Lipinski definition) is 4. The normalized spacial score (nSPS) is 11.6. The van der Waals surface area contributed by atoms with Crippen LogP contribution < -0.4 is 10.8 Å². The Kier molecular flexibility index (Phi) is 9.35. The van der Waals surface area contributed by atoms with Crippen molar-refractivity contribution in [3.63, 3.8) is 0 Å². The number of carbonyl (C=O) groups is 3. The molecule has 0 unspecified atom stereocenters. The molecule has 2 amide bonds. The minimum Gasteiger partial charge on any atom is -0.478 e. The predicted molar refractivity (Wildman–Crippen MR) is 134 cm³/mol. The molecule has 0 aliphatic rings. The number of aryl methyl sites for hydroxylation is 2. The van der Waals surface area contributed by atoms with E-state index < -0.39 is 17.9 Å². The molecule has 0 radical (unpaired) electrons. The zero-order valence-electron chi connectivity index (χ0n) is 20.5. The van der Waals surface area contributed by atoms with Crippen molar-refractivity contribution < 1.29 is 24.7 Å². The van der Waals surface area contributed by atoms with Gasteiger partial charge < -0.3 is 15.0 Å². The van der Waals surface area contributed by atoms with E-state index in [4.69, 9.17) is 10.3 Å². The van der Waals surface area contributed by atoms with E-state index in [0.717, 1.165) is 35.4 Å². The van der Waals surface area contributed by atoms with Gasteiger partial charge in [0.05, 0.1) is 11.8 Å². The summed E-state index contributed by atoms with van der Waals surface area (Å²) in [4.78, 5) is 41.0. The molecule has 1 aromatic heterocycles. The molecule has 0 saturated heterocycles. The zero-order valence-corrected chi connectivity index (χ0v) is 20.5. The summed E-state index contributed by atoms with van der Waals surface area (Å²) in [5, 5.41) is 21.1. The highest BCUT2D eigenvalue weighted by Crippen LogP contribution is 2.15. The number of hydrogen-bond acceptors (Lipinski definition) is 5. The van der Waals surface area contributed by atoms with Gasteiger partial charge in [-0.3, -0.25) is 14.8 Å². The van der Waals surface area contributed by atoms with Gasteiger partial charge >= 0.3 is 5.97 Å². The lowest BCUT2D eigenvalue weighted by atomic mass is 10.0. The van der Waals surface area contributed by atoms with Crippen LogP contribution in [0.15, 0.2) is 54.7 Å². The van der Waals surface area contributed by atoms with Crippen molar-refractivity contribution in [1.29, 1.82) is 0 Å². The topological polar surface area (TPSA) is 134 Å². The van der Waals surface area contributed by atoms with Crippen molar-refractivity contribution in [2.75, 3.05) is 0 Å². The number of hydroxylamine groups is 1. The van der Waals surface area contributed by atoms with Gasteiger partial charge in [-0.1, -0.05) is 55.3 Å². The molecule has 0 bridgehead atoms. The average molecular weight is 493 g/mol. The Morgan fingerprint density at radius 1 is 1.03 bits per heavy atom. The molecule has 1 atom stereocenters. The van der Waals surface area contributed by atoms with Crippen LogP contribution in [0.25, 0.3) is 0 Å². The molecule has 0 aliphatic heterocycles. The van der Waals surface area contributed by atoms with Gasteiger partial charge in [0.1, 0.15) is 11.5 Å². The van der Waals surface area contributed by atoms with Gasteiger partial charge in [-0.2, -0.15) is 0 Å². The molecule has 0 aliphatic carbocycles. The van der Waals surface area contributed by atoms with E-state index in [9.17, 15) is 14.4 Å². The lowest BCUT2D eigenvalue weighted by molar-refractivity contribution is -0.129. The summed E-state index contributed by atoms with van der Waals surface area (Å²) >= 11 is 0. The third kappa shape index (κ3) is 7.26. The van der Waals surface area contributed by atoms with Gasteiger partial charge in [-0.15, -0.1) is 0 Å². The van der Waals surface area contributed by atoms with E-state index in [1.54, 1.807) is 17.6 Å². The number of imidazole rings is 1. The molecular formula is C27H32N4O5. The number of carbonyl (C=O) groups excluding carboxylic acids is 2.